The second-order valence-corrected chi connectivity index (χ2v) is 6.62. The lowest BCUT2D eigenvalue weighted by Gasteiger charge is -2.09. The van der Waals surface area contributed by atoms with Gasteiger partial charge in [0.2, 0.25) is 6.79 Å². The average Bonchev–Trinajstić information content (AvgIpc) is 3.25. The molecule has 1 amide bonds. The van der Waals surface area contributed by atoms with Gasteiger partial charge in [-0.3, -0.25) is 4.79 Å². The van der Waals surface area contributed by atoms with Crippen molar-refractivity contribution in [2.24, 2.45) is 0 Å². The molecular formula is C19H17ClN4O3. The molecule has 0 saturated heterocycles. The van der Waals surface area contributed by atoms with Crippen molar-refractivity contribution in [3.63, 3.8) is 0 Å². The maximum absolute atomic E-state index is 12.6. The first kappa shape index (κ1) is 17.4. The fraction of sp³-hybridized carbons (Fsp3) is 0.211. The smallest absolute Gasteiger partial charge is 0.271 e. The topological polar surface area (TPSA) is 78.3 Å². The van der Waals surface area contributed by atoms with Crippen LogP contribution in [0.2, 0.25) is 5.02 Å². The number of ether oxygens (including phenoxy) is 2. The summed E-state index contributed by atoms with van der Waals surface area (Å²) in [6, 6.07) is 10.8. The molecule has 138 valence electrons. The Hall–Kier alpha value is -3.06. The van der Waals surface area contributed by atoms with Crippen molar-refractivity contribution in [2.75, 3.05) is 6.79 Å². The van der Waals surface area contributed by atoms with Crippen molar-refractivity contribution in [1.82, 2.24) is 20.1 Å². The van der Waals surface area contributed by atoms with E-state index in [9.17, 15) is 4.79 Å². The number of carbonyl (C=O) groups excluding carboxylic acids is 1. The number of amides is 1. The number of hydrogen-bond acceptors (Lipinski definition) is 5. The molecule has 2 aromatic heterocycles. The third-order valence-electron chi connectivity index (χ3n) is 4.16. The number of halogens is 1. The largest absolute Gasteiger partial charge is 0.454 e. The van der Waals surface area contributed by atoms with E-state index in [0.29, 0.717) is 23.9 Å². The summed E-state index contributed by atoms with van der Waals surface area (Å²) in [7, 11) is 0. The molecule has 0 fully saturated rings. The van der Waals surface area contributed by atoms with Crippen LogP contribution in [0.4, 0.5) is 0 Å². The van der Waals surface area contributed by atoms with Crippen LogP contribution in [-0.2, 0) is 6.54 Å². The fourth-order valence-corrected chi connectivity index (χ4v) is 3.08. The molecule has 4 rings (SSSR count). The van der Waals surface area contributed by atoms with E-state index in [1.807, 2.05) is 38.1 Å². The summed E-state index contributed by atoms with van der Waals surface area (Å²) in [4.78, 5) is 17.0. The maximum Gasteiger partial charge on any atom is 0.271 e. The fourth-order valence-electron chi connectivity index (χ4n) is 2.89. The second-order valence-electron chi connectivity index (χ2n) is 6.21. The Balaban J connectivity index is 1.53. The lowest BCUT2D eigenvalue weighted by atomic mass is 10.2. The highest BCUT2D eigenvalue weighted by Gasteiger charge is 2.17. The lowest BCUT2D eigenvalue weighted by molar-refractivity contribution is 0.0946. The molecule has 1 aliphatic heterocycles. The molecule has 1 aliphatic rings. The number of pyridine rings is 1. The van der Waals surface area contributed by atoms with Gasteiger partial charge < -0.3 is 14.8 Å². The number of aryl methyl sites for hydroxylation is 2. The second kappa shape index (κ2) is 6.92. The minimum absolute atomic E-state index is 0.155. The minimum Gasteiger partial charge on any atom is -0.454 e. The van der Waals surface area contributed by atoms with Crippen molar-refractivity contribution in [1.29, 1.82) is 0 Å². The van der Waals surface area contributed by atoms with Crippen LogP contribution in [0.25, 0.3) is 5.82 Å². The van der Waals surface area contributed by atoms with Crippen LogP contribution in [-0.4, -0.2) is 27.5 Å². The number of aromatic nitrogens is 3. The first-order valence-corrected chi connectivity index (χ1v) is 8.76. The summed E-state index contributed by atoms with van der Waals surface area (Å²) in [5, 5.41) is 7.51. The summed E-state index contributed by atoms with van der Waals surface area (Å²) in [6.07, 6.45) is 0. The van der Waals surface area contributed by atoms with E-state index >= 15 is 0 Å². The predicted molar refractivity (Wildman–Crippen MR) is 99.6 cm³/mol. The monoisotopic (exact) mass is 384 g/mol. The standard InChI is InChI=1S/C19H17ClN4O3/c1-11-7-12(2)24(23-11)17-6-4-14(20)18(22-17)19(25)21-9-13-3-5-15-16(8-13)27-10-26-15/h3-8H,9-10H2,1-2H3,(H,21,25). The van der Waals surface area contributed by atoms with Crippen LogP contribution >= 0.6 is 11.6 Å². The van der Waals surface area contributed by atoms with Crippen LogP contribution in [0.5, 0.6) is 11.5 Å². The summed E-state index contributed by atoms with van der Waals surface area (Å²) in [5.41, 5.74) is 2.84. The Bertz CT molecular complexity index is 1030. The Morgan fingerprint density at radius 1 is 1.19 bits per heavy atom. The van der Waals surface area contributed by atoms with E-state index in [4.69, 9.17) is 21.1 Å². The Morgan fingerprint density at radius 2 is 2.00 bits per heavy atom. The molecule has 0 aliphatic carbocycles. The van der Waals surface area contributed by atoms with E-state index in [2.05, 4.69) is 15.4 Å². The molecule has 0 atom stereocenters. The third kappa shape index (κ3) is 3.46. The van der Waals surface area contributed by atoms with Crippen molar-refractivity contribution in [3.8, 4) is 17.3 Å². The zero-order valence-corrected chi connectivity index (χ0v) is 15.6. The summed E-state index contributed by atoms with van der Waals surface area (Å²) in [5.74, 6) is 1.55. The zero-order valence-electron chi connectivity index (χ0n) is 14.8. The molecule has 0 bridgehead atoms. The number of nitrogens with one attached hydrogen (secondary N) is 1. The molecule has 0 saturated carbocycles. The van der Waals surface area contributed by atoms with Gasteiger partial charge in [-0.05, 0) is 49.7 Å². The maximum atomic E-state index is 12.6. The molecule has 3 heterocycles. The highest BCUT2D eigenvalue weighted by molar-refractivity contribution is 6.33. The Morgan fingerprint density at radius 3 is 2.78 bits per heavy atom. The lowest BCUT2D eigenvalue weighted by Crippen LogP contribution is -2.24. The Kier molecular flexibility index (Phi) is 4.45. The van der Waals surface area contributed by atoms with Crippen molar-refractivity contribution >= 4 is 17.5 Å². The number of hydrogen-bond donors (Lipinski definition) is 1. The van der Waals surface area contributed by atoms with E-state index in [1.165, 1.54) is 0 Å². The number of benzene rings is 1. The normalized spacial score (nSPS) is 12.3. The summed E-state index contributed by atoms with van der Waals surface area (Å²) >= 11 is 6.19. The number of rotatable bonds is 4. The number of nitrogens with zero attached hydrogens (tertiary/aromatic N) is 3. The molecule has 0 spiro atoms. The molecule has 1 N–H and O–H groups in total. The molecule has 8 heteroatoms. The van der Waals surface area contributed by atoms with E-state index < -0.39 is 0 Å². The van der Waals surface area contributed by atoms with Gasteiger partial charge >= 0.3 is 0 Å². The van der Waals surface area contributed by atoms with Gasteiger partial charge in [-0.2, -0.15) is 5.10 Å². The van der Waals surface area contributed by atoms with Crippen LogP contribution in [0.1, 0.15) is 27.4 Å². The molecule has 7 nitrogen and oxygen atoms in total. The van der Waals surface area contributed by atoms with Gasteiger partial charge in [0.1, 0.15) is 5.69 Å². The third-order valence-corrected chi connectivity index (χ3v) is 4.47. The van der Waals surface area contributed by atoms with E-state index in [1.54, 1.807) is 16.8 Å². The van der Waals surface area contributed by atoms with Crippen molar-refractivity contribution in [3.05, 3.63) is 64.1 Å². The predicted octanol–water partition coefficient (Wildman–Crippen LogP) is 3.20. The first-order valence-electron chi connectivity index (χ1n) is 8.38. The van der Waals surface area contributed by atoms with Crippen molar-refractivity contribution in [2.45, 2.75) is 20.4 Å². The van der Waals surface area contributed by atoms with Crippen LogP contribution in [0.15, 0.2) is 36.4 Å². The molecule has 0 radical (unpaired) electrons. The van der Waals surface area contributed by atoms with Gasteiger partial charge in [-0.25, -0.2) is 9.67 Å². The molecule has 3 aromatic rings. The van der Waals surface area contributed by atoms with E-state index in [-0.39, 0.29) is 23.4 Å². The summed E-state index contributed by atoms with van der Waals surface area (Å²) in [6.45, 7) is 4.36. The van der Waals surface area contributed by atoms with Crippen LogP contribution in [0, 0.1) is 13.8 Å². The van der Waals surface area contributed by atoms with Crippen molar-refractivity contribution < 1.29 is 14.3 Å². The number of carbonyl (C=O) groups is 1. The van der Waals surface area contributed by atoms with Gasteiger partial charge in [0.15, 0.2) is 17.3 Å². The SMILES string of the molecule is Cc1cc(C)n(-c2ccc(Cl)c(C(=O)NCc3ccc4c(c3)OCO4)n2)n1. The first-order chi connectivity index (χ1) is 13.0. The number of fused-ring (bicyclic) bond motifs is 1. The zero-order chi connectivity index (χ0) is 19.0. The van der Waals surface area contributed by atoms with Gasteiger partial charge in [0.05, 0.1) is 10.7 Å². The molecule has 1 aromatic carbocycles. The average molecular weight is 385 g/mol. The van der Waals surface area contributed by atoms with Gasteiger partial charge in [0, 0.05) is 12.2 Å². The molecule has 27 heavy (non-hydrogen) atoms. The van der Waals surface area contributed by atoms with Gasteiger partial charge in [-0.1, -0.05) is 17.7 Å². The highest BCUT2D eigenvalue weighted by Crippen LogP contribution is 2.32. The van der Waals surface area contributed by atoms with Crippen LogP contribution < -0.4 is 14.8 Å². The van der Waals surface area contributed by atoms with Crippen LogP contribution in [0.3, 0.4) is 0 Å². The molecular weight excluding hydrogens is 368 g/mol. The van der Waals surface area contributed by atoms with E-state index in [0.717, 1.165) is 17.0 Å². The van der Waals surface area contributed by atoms with Gasteiger partial charge in [-0.15, -0.1) is 0 Å². The van der Waals surface area contributed by atoms with Gasteiger partial charge in [0.25, 0.3) is 5.91 Å². The molecule has 0 unspecified atom stereocenters. The highest BCUT2D eigenvalue weighted by atomic mass is 35.5. The minimum atomic E-state index is -0.360. The summed E-state index contributed by atoms with van der Waals surface area (Å²) < 4.78 is 12.3. The Labute approximate surface area is 160 Å². The quantitative estimate of drug-likeness (QED) is 0.747.